The van der Waals surface area contributed by atoms with Crippen LogP contribution in [0.25, 0.3) is 22.0 Å². The monoisotopic (exact) mass is 309 g/mol. The van der Waals surface area contributed by atoms with Gasteiger partial charge in [-0.3, -0.25) is 4.79 Å². The smallest absolute Gasteiger partial charge is 0.248 e. The van der Waals surface area contributed by atoms with E-state index in [-0.39, 0.29) is 5.56 Å². The third-order valence-corrected chi connectivity index (χ3v) is 4.05. The molecule has 23 heavy (non-hydrogen) atoms. The van der Waals surface area contributed by atoms with Crippen LogP contribution in [0.1, 0.15) is 19.4 Å². The minimum Gasteiger partial charge on any atom is -0.347 e. The zero-order valence-electron chi connectivity index (χ0n) is 13.7. The van der Waals surface area contributed by atoms with Gasteiger partial charge in [0.1, 0.15) is 0 Å². The molecule has 0 atom stereocenters. The maximum atomic E-state index is 11.6. The summed E-state index contributed by atoms with van der Waals surface area (Å²) < 4.78 is 2.31. The molecule has 120 valence electrons. The van der Waals surface area contributed by atoms with Crippen molar-refractivity contribution in [1.82, 2.24) is 9.55 Å². The van der Waals surface area contributed by atoms with Gasteiger partial charge in [-0.25, -0.2) is 0 Å². The number of rotatable bonds is 5. The molecule has 0 radical (unpaired) electrons. The second kappa shape index (κ2) is 6.42. The zero-order valence-corrected chi connectivity index (χ0v) is 13.7. The van der Waals surface area contributed by atoms with Crippen molar-refractivity contribution in [3.05, 3.63) is 58.6 Å². The van der Waals surface area contributed by atoms with E-state index in [1.165, 1.54) is 16.5 Å². The maximum absolute atomic E-state index is 11.6. The fourth-order valence-corrected chi connectivity index (χ4v) is 3.07. The lowest BCUT2D eigenvalue weighted by atomic mass is 10.0. The number of pyridine rings is 1. The van der Waals surface area contributed by atoms with Gasteiger partial charge in [0.2, 0.25) is 5.56 Å². The molecule has 2 aromatic heterocycles. The van der Waals surface area contributed by atoms with Crippen LogP contribution >= 0.6 is 0 Å². The Morgan fingerprint density at radius 1 is 1.17 bits per heavy atom. The van der Waals surface area contributed by atoms with Crippen molar-refractivity contribution in [1.29, 1.82) is 0 Å². The lowest BCUT2D eigenvalue weighted by molar-refractivity contribution is 0.534. The topological polar surface area (TPSA) is 63.8 Å². The number of hydrogen-bond donors (Lipinski definition) is 2. The van der Waals surface area contributed by atoms with Crippen LogP contribution in [0.15, 0.2) is 47.5 Å². The molecule has 3 rings (SSSR count). The van der Waals surface area contributed by atoms with Crippen LogP contribution in [-0.2, 0) is 13.0 Å². The molecule has 1 aromatic carbocycles. The van der Waals surface area contributed by atoms with Gasteiger partial charge in [-0.05, 0) is 47.7 Å². The highest BCUT2D eigenvalue weighted by Crippen LogP contribution is 2.28. The first-order valence-corrected chi connectivity index (χ1v) is 8.09. The molecule has 0 aliphatic rings. The Bertz CT molecular complexity index is 874. The summed E-state index contributed by atoms with van der Waals surface area (Å²) in [6, 6.07) is 9.97. The second-order valence-electron chi connectivity index (χ2n) is 6.41. The number of aromatic amines is 1. The summed E-state index contributed by atoms with van der Waals surface area (Å²) >= 11 is 0. The standard InChI is InChI=1S/C19H23N3O/c1-13(2)11-22-12-16(5-7-20)17-4-3-14(9-18(17)22)15-6-8-21-19(23)10-15/h3-4,6,8-10,12-13H,5,7,11,20H2,1-2H3,(H,21,23). The molecule has 3 aromatic rings. The van der Waals surface area contributed by atoms with E-state index in [1.807, 2.05) is 6.07 Å². The van der Waals surface area contributed by atoms with Gasteiger partial charge >= 0.3 is 0 Å². The van der Waals surface area contributed by atoms with Gasteiger partial charge < -0.3 is 15.3 Å². The van der Waals surface area contributed by atoms with Crippen LogP contribution < -0.4 is 11.3 Å². The lowest BCUT2D eigenvalue weighted by Gasteiger charge is -2.09. The maximum Gasteiger partial charge on any atom is 0.248 e. The number of nitrogens with one attached hydrogen (secondary N) is 1. The molecule has 0 saturated carbocycles. The Hall–Kier alpha value is -2.33. The van der Waals surface area contributed by atoms with Gasteiger partial charge in [0.05, 0.1) is 0 Å². The van der Waals surface area contributed by atoms with Gasteiger partial charge in [-0.2, -0.15) is 0 Å². The molecule has 0 spiro atoms. The number of H-pyrrole nitrogens is 1. The predicted octanol–water partition coefficient (Wildman–Crippen LogP) is 3.15. The van der Waals surface area contributed by atoms with Crippen molar-refractivity contribution in [2.75, 3.05) is 6.54 Å². The van der Waals surface area contributed by atoms with E-state index in [4.69, 9.17) is 5.73 Å². The Balaban J connectivity index is 2.15. The molecule has 0 unspecified atom stereocenters. The Labute approximate surface area is 136 Å². The van der Waals surface area contributed by atoms with E-state index in [1.54, 1.807) is 12.3 Å². The van der Waals surface area contributed by atoms with Crippen LogP contribution in [-0.4, -0.2) is 16.1 Å². The van der Waals surface area contributed by atoms with E-state index >= 15 is 0 Å². The van der Waals surface area contributed by atoms with Crippen molar-refractivity contribution >= 4 is 10.9 Å². The fourth-order valence-electron chi connectivity index (χ4n) is 3.07. The predicted molar refractivity (Wildman–Crippen MR) is 95.6 cm³/mol. The van der Waals surface area contributed by atoms with Crippen molar-refractivity contribution < 1.29 is 0 Å². The molecule has 0 bridgehead atoms. The van der Waals surface area contributed by atoms with Crippen LogP contribution in [0.2, 0.25) is 0 Å². The van der Waals surface area contributed by atoms with Crippen molar-refractivity contribution in [2.24, 2.45) is 11.7 Å². The molecule has 4 heteroatoms. The van der Waals surface area contributed by atoms with Gasteiger partial charge in [0.25, 0.3) is 0 Å². The minimum absolute atomic E-state index is 0.0796. The molecular formula is C19H23N3O. The average Bonchev–Trinajstić information content (AvgIpc) is 2.84. The van der Waals surface area contributed by atoms with Crippen molar-refractivity contribution in [3.8, 4) is 11.1 Å². The largest absolute Gasteiger partial charge is 0.347 e. The van der Waals surface area contributed by atoms with Gasteiger partial charge in [-0.1, -0.05) is 26.0 Å². The summed E-state index contributed by atoms with van der Waals surface area (Å²) in [5, 5.41) is 1.25. The average molecular weight is 309 g/mol. The zero-order chi connectivity index (χ0) is 16.4. The minimum atomic E-state index is -0.0796. The lowest BCUT2D eigenvalue weighted by Crippen LogP contribution is -2.04. The molecule has 0 aliphatic heterocycles. The summed E-state index contributed by atoms with van der Waals surface area (Å²) in [6.45, 7) is 6.06. The van der Waals surface area contributed by atoms with Crippen LogP contribution in [0.5, 0.6) is 0 Å². The Kier molecular flexibility index (Phi) is 4.35. The van der Waals surface area contributed by atoms with Gasteiger partial charge in [0.15, 0.2) is 0 Å². The molecule has 0 saturated heterocycles. The molecule has 3 N–H and O–H groups in total. The highest BCUT2D eigenvalue weighted by molar-refractivity contribution is 5.88. The molecule has 0 aliphatic carbocycles. The first kappa shape index (κ1) is 15.6. The van der Waals surface area contributed by atoms with Crippen LogP contribution in [0.3, 0.4) is 0 Å². The van der Waals surface area contributed by atoms with Crippen LogP contribution in [0.4, 0.5) is 0 Å². The van der Waals surface area contributed by atoms with Gasteiger partial charge in [0, 0.05) is 35.9 Å². The quantitative estimate of drug-likeness (QED) is 0.760. The molecular weight excluding hydrogens is 286 g/mol. The second-order valence-corrected chi connectivity index (χ2v) is 6.41. The highest BCUT2D eigenvalue weighted by atomic mass is 16.1. The highest BCUT2D eigenvalue weighted by Gasteiger charge is 2.11. The van der Waals surface area contributed by atoms with Crippen molar-refractivity contribution in [2.45, 2.75) is 26.8 Å². The molecule has 2 heterocycles. The SMILES string of the molecule is CC(C)Cn1cc(CCN)c2ccc(-c3cc[nH]c(=O)c3)cc21. The molecule has 0 amide bonds. The van der Waals surface area contributed by atoms with E-state index in [2.05, 4.69) is 47.8 Å². The Morgan fingerprint density at radius 2 is 1.96 bits per heavy atom. The molecule has 4 nitrogen and oxygen atoms in total. The van der Waals surface area contributed by atoms with E-state index < -0.39 is 0 Å². The fraction of sp³-hybridized carbons (Fsp3) is 0.316. The summed E-state index contributed by atoms with van der Waals surface area (Å²) in [4.78, 5) is 14.2. The first-order chi connectivity index (χ1) is 11.1. The molecule has 0 fully saturated rings. The third kappa shape index (κ3) is 3.22. The van der Waals surface area contributed by atoms with Crippen molar-refractivity contribution in [3.63, 3.8) is 0 Å². The van der Waals surface area contributed by atoms with Crippen LogP contribution in [0, 0.1) is 5.92 Å². The number of nitrogens with zero attached hydrogens (tertiary/aromatic N) is 1. The third-order valence-electron chi connectivity index (χ3n) is 4.05. The summed E-state index contributed by atoms with van der Waals surface area (Å²) in [6.07, 6.45) is 4.79. The van der Waals surface area contributed by atoms with E-state index in [0.29, 0.717) is 12.5 Å². The van der Waals surface area contributed by atoms with Gasteiger partial charge in [-0.15, -0.1) is 0 Å². The summed E-state index contributed by atoms with van der Waals surface area (Å²) in [7, 11) is 0. The number of benzene rings is 1. The number of aromatic nitrogens is 2. The summed E-state index contributed by atoms with van der Waals surface area (Å²) in [5.41, 5.74) is 10.2. The number of fused-ring (bicyclic) bond motifs is 1. The first-order valence-electron chi connectivity index (χ1n) is 8.09. The number of hydrogen-bond acceptors (Lipinski definition) is 2. The Morgan fingerprint density at radius 3 is 2.65 bits per heavy atom. The normalized spacial score (nSPS) is 11.5. The van der Waals surface area contributed by atoms with E-state index in [0.717, 1.165) is 24.1 Å². The number of nitrogens with two attached hydrogens (primary N) is 1. The summed E-state index contributed by atoms with van der Waals surface area (Å²) in [5.74, 6) is 0.569. The van der Waals surface area contributed by atoms with E-state index in [9.17, 15) is 4.79 Å².